The predicted octanol–water partition coefficient (Wildman–Crippen LogP) is 15.0. The fourth-order valence-corrected chi connectivity index (χ4v) is 10.0. The summed E-state index contributed by atoms with van der Waals surface area (Å²) >= 11 is 1.86. The fourth-order valence-electron chi connectivity index (χ4n) is 8.96. The Labute approximate surface area is 313 Å². The van der Waals surface area contributed by atoms with Gasteiger partial charge in [0.2, 0.25) is 0 Å². The van der Waals surface area contributed by atoms with E-state index < -0.39 is 0 Å². The Morgan fingerprint density at radius 1 is 0.377 bits per heavy atom. The molecule has 9 aromatic carbocycles. The highest BCUT2D eigenvalue weighted by atomic mass is 32.1. The van der Waals surface area contributed by atoms with E-state index in [2.05, 4.69) is 195 Å². The molecule has 0 N–H and O–H groups in total. The molecule has 0 spiro atoms. The number of hydrogen-bond donors (Lipinski definition) is 0. The Morgan fingerprint density at radius 2 is 0.981 bits per heavy atom. The monoisotopic (exact) mass is 693 g/mol. The highest BCUT2D eigenvalue weighted by Crippen LogP contribution is 2.51. The van der Waals surface area contributed by atoms with Gasteiger partial charge in [0.15, 0.2) is 0 Å². The van der Waals surface area contributed by atoms with Crippen LogP contribution < -0.4 is 4.90 Å². The molecule has 250 valence electrons. The Balaban J connectivity index is 1.04. The van der Waals surface area contributed by atoms with E-state index in [-0.39, 0.29) is 5.41 Å². The Hall–Kier alpha value is -6.22. The minimum atomic E-state index is -0.0363. The lowest BCUT2D eigenvalue weighted by atomic mass is 9.82. The molecule has 0 bridgehead atoms. The highest BCUT2D eigenvalue weighted by Gasteiger charge is 2.35. The third-order valence-electron chi connectivity index (χ3n) is 11.6. The van der Waals surface area contributed by atoms with Crippen molar-refractivity contribution in [3.8, 4) is 22.3 Å². The molecule has 0 radical (unpaired) electrons. The van der Waals surface area contributed by atoms with E-state index in [1.807, 2.05) is 11.3 Å². The molecule has 1 heterocycles. The van der Waals surface area contributed by atoms with Crippen molar-refractivity contribution in [2.75, 3.05) is 4.90 Å². The van der Waals surface area contributed by atoms with Crippen LogP contribution >= 0.6 is 11.3 Å². The van der Waals surface area contributed by atoms with Crippen molar-refractivity contribution < 1.29 is 0 Å². The van der Waals surface area contributed by atoms with Gasteiger partial charge in [0, 0.05) is 42.6 Å². The van der Waals surface area contributed by atoms with Gasteiger partial charge in [-0.05, 0) is 120 Å². The zero-order chi connectivity index (χ0) is 35.3. The lowest BCUT2D eigenvalue weighted by molar-refractivity contribution is 0.660. The molecule has 0 amide bonds. The Kier molecular flexibility index (Phi) is 6.53. The van der Waals surface area contributed by atoms with Crippen molar-refractivity contribution in [2.24, 2.45) is 0 Å². The summed E-state index contributed by atoms with van der Waals surface area (Å²) in [7, 11) is 0. The Morgan fingerprint density at radius 3 is 1.85 bits per heavy atom. The van der Waals surface area contributed by atoms with Crippen molar-refractivity contribution in [3.05, 3.63) is 187 Å². The average Bonchev–Trinajstić information content (AvgIpc) is 3.69. The zero-order valence-electron chi connectivity index (χ0n) is 29.6. The van der Waals surface area contributed by atoms with Gasteiger partial charge in [-0.3, -0.25) is 0 Å². The normalized spacial score (nSPS) is 13.2. The van der Waals surface area contributed by atoms with Gasteiger partial charge in [-0.2, -0.15) is 0 Å². The number of nitrogens with zero attached hydrogens (tertiary/aromatic N) is 1. The molecule has 1 nitrogen and oxygen atoms in total. The van der Waals surface area contributed by atoms with Crippen LogP contribution in [0.5, 0.6) is 0 Å². The molecule has 0 saturated heterocycles. The van der Waals surface area contributed by atoms with Gasteiger partial charge in [0.1, 0.15) is 0 Å². The largest absolute Gasteiger partial charge is 0.310 e. The summed E-state index contributed by atoms with van der Waals surface area (Å²) in [6.45, 7) is 4.70. The molecular formula is C51H35NS. The summed E-state index contributed by atoms with van der Waals surface area (Å²) in [5, 5.41) is 10.3. The first-order valence-corrected chi connectivity index (χ1v) is 19.2. The SMILES string of the molecule is CC1(C)c2ccccc2-c2cc(N(c3ccc(-c4ccc5c(ccc6c7ccccc7ccc56)c4)cc3)c3ccc4sc5ccccc5c4c3)ccc21. The second kappa shape index (κ2) is 11.4. The van der Waals surface area contributed by atoms with Crippen LogP contribution in [0.25, 0.3) is 74.7 Å². The molecule has 0 saturated carbocycles. The molecule has 0 unspecified atom stereocenters. The molecular weight excluding hydrogens is 659 g/mol. The lowest BCUT2D eigenvalue weighted by Gasteiger charge is -2.27. The third-order valence-corrected chi connectivity index (χ3v) is 12.8. The summed E-state index contributed by atoms with van der Waals surface area (Å²) in [5.41, 5.74) is 11.3. The highest BCUT2D eigenvalue weighted by molar-refractivity contribution is 7.25. The zero-order valence-corrected chi connectivity index (χ0v) is 30.4. The van der Waals surface area contributed by atoms with Crippen LogP contribution in [-0.4, -0.2) is 0 Å². The minimum Gasteiger partial charge on any atom is -0.310 e. The van der Waals surface area contributed by atoms with Crippen molar-refractivity contribution in [1.29, 1.82) is 0 Å². The van der Waals surface area contributed by atoms with Gasteiger partial charge in [-0.25, -0.2) is 0 Å². The van der Waals surface area contributed by atoms with Crippen molar-refractivity contribution in [2.45, 2.75) is 19.3 Å². The number of thiophene rings is 1. The van der Waals surface area contributed by atoms with Gasteiger partial charge in [0.25, 0.3) is 0 Å². The van der Waals surface area contributed by atoms with E-state index >= 15 is 0 Å². The second-order valence-electron chi connectivity index (χ2n) is 14.9. The molecule has 0 atom stereocenters. The maximum Gasteiger partial charge on any atom is 0.0468 e. The summed E-state index contributed by atoms with van der Waals surface area (Å²) in [6.07, 6.45) is 0. The van der Waals surface area contributed by atoms with Crippen LogP contribution in [0.2, 0.25) is 0 Å². The molecule has 10 aromatic rings. The molecule has 1 aromatic heterocycles. The number of anilines is 3. The van der Waals surface area contributed by atoms with Gasteiger partial charge in [0.05, 0.1) is 0 Å². The number of hydrogen-bond acceptors (Lipinski definition) is 2. The molecule has 11 rings (SSSR count). The van der Waals surface area contributed by atoms with Gasteiger partial charge in [-0.1, -0.05) is 135 Å². The first-order chi connectivity index (χ1) is 26.0. The van der Waals surface area contributed by atoms with E-state index in [1.165, 1.54) is 85.9 Å². The van der Waals surface area contributed by atoms with E-state index in [4.69, 9.17) is 0 Å². The van der Waals surface area contributed by atoms with Crippen molar-refractivity contribution >= 4 is 80.9 Å². The quantitative estimate of drug-likeness (QED) is 0.166. The summed E-state index contributed by atoms with van der Waals surface area (Å²) in [4.78, 5) is 2.43. The number of benzene rings is 9. The van der Waals surface area contributed by atoms with Crippen LogP contribution in [-0.2, 0) is 5.41 Å². The topological polar surface area (TPSA) is 3.24 Å². The molecule has 1 aliphatic rings. The molecule has 0 fully saturated rings. The smallest absolute Gasteiger partial charge is 0.0468 e. The van der Waals surface area contributed by atoms with Crippen LogP contribution in [0.1, 0.15) is 25.0 Å². The van der Waals surface area contributed by atoms with E-state index in [1.54, 1.807) is 0 Å². The molecule has 1 aliphatic carbocycles. The maximum absolute atomic E-state index is 2.43. The number of fused-ring (bicyclic) bond motifs is 11. The molecule has 2 heteroatoms. The van der Waals surface area contributed by atoms with E-state index in [9.17, 15) is 0 Å². The summed E-state index contributed by atoms with van der Waals surface area (Å²) < 4.78 is 2.64. The predicted molar refractivity (Wildman–Crippen MR) is 230 cm³/mol. The lowest BCUT2D eigenvalue weighted by Crippen LogP contribution is -2.15. The van der Waals surface area contributed by atoms with Crippen molar-refractivity contribution in [3.63, 3.8) is 0 Å². The van der Waals surface area contributed by atoms with Crippen LogP contribution in [0, 0.1) is 0 Å². The third kappa shape index (κ3) is 4.62. The summed E-state index contributed by atoms with van der Waals surface area (Å²) in [6, 6.07) is 65.5. The number of rotatable bonds is 4. The van der Waals surface area contributed by atoms with Gasteiger partial charge < -0.3 is 4.90 Å². The standard InChI is InChI=1S/C51H35NS/c1-51(2)47-13-7-5-11-43(47)45-30-37(22-27-48(45)51)52(38-23-28-50-46(31-38)44-12-6-8-14-49(44)53-50)36-20-15-32(16-21-36)34-18-24-40-35(29-34)19-26-41-39-10-4-3-9-33(39)17-25-42(40)41/h3-31H,1-2H3. The fraction of sp³-hybridized carbons (Fsp3) is 0.0588. The molecule has 0 aliphatic heterocycles. The first kappa shape index (κ1) is 30.4. The van der Waals surface area contributed by atoms with Crippen LogP contribution in [0.15, 0.2) is 176 Å². The van der Waals surface area contributed by atoms with Gasteiger partial charge >= 0.3 is 0 Å². The van der Waals surface area contributed by atoms with Gasteiger partial charge in [-0.15, -0.1) is 11.3 Å². The Bertz CT molecular complexity index is 3090. The minimum absolute atomic E-state index is 0.0363. The average molecular weight is 694 g/mol. The van der Waals surface area contributed by atoms with E-state index in [0.29, 0.717) is 0 Å². The van der Waals surface area contributed by atoms with Crippen LogP contribution in [0.4, 0.5) is 17.1 Å². The second-order valence-corrected chi connectivity index (χ2v) is 16.0. The van der Waals surface area contributed by atoms with E-state index in [0.717, 1.165) is 17.1 Å². The first-order valence-electron chi connectivity index (χ1n) is 18.4. The maximum atomic E-state index is 2.43. The summed E-state index contributed by atoms with van der Waals surface area (Å²) in [5.74, 6) is 0. The molecule has 53 heavy (non-hydrogen) atoms. The van der Waals surface area contributed by atoms with Crippen molar-refractivity contribution in [1.82, 2.24) is 0 Å². The van der Waals surface area contributed by atoms with Crippen LogP contribution in [0.3, 0.4) is 0 Å².